The smallest absolute Gasteiger partial charge is 0.451 e. The van der Waals surface area contributed by atoms with Gasteiger partial charge in [-0.05, 0) is 22.8 Å². The van der Waals surface area contributed by atoms with Gasteiger partial charge in [-0.15, -0.1) is 11.3 Å². The molecule has 2 aliphatic heterocycles. The minimum Gasteiger partial charge on any atom is -0.451 e. The first-order valence-corrected chi connectivity index (χ1v) is 14.1. The molecular formula is C29H22F2N4O7S. The second-order valence-corrected chi connectivity index (χ2v) is 10.7. The van der Waals surface area contributed by atoms with E-state index in [-0.39, 0.29) is 36.8 Å². The van der Waals surface area contributed by atoms with E-state index >= 15 is 4.39 Å². The lowest BCUT2D eigenvalue weighted by atomic mass is 9.92. The molecule has 0 radical (unpaired) electrons. The van der Waals surface area contributed by atoms with Gasteiger partial charge in [0, 0.05) is 24.4 Å². The molecule has 1 aliphatic carbocycles. The minimum absolute atomic E-state index is 0.00294. The van der Waals surface area contributed by atoms with Crippen LogP contribution in [-0.4, -0.2) is 66.4 Å². The van der Waals surface area contributed by atoms with Crippen molar-refractivity contribution < 1.29 is 37.3 Å². The summed E-state index contributed by atoms with van der Waals surface area (Å²) in [5, 5.41) is 1.80. The number of halogens is 2. The van der Waals surface area contributed by atoms with Gasteiger partial charge in [-0.2, -0.15) is 0 Å². The van der Waals surface area contributed by atoms with Crippen molar-refractivity contribution in [3.05, 3.63) is 92.9 Å². The Bertz CT molecular complexity index is 1840. The second-order valence-electron chi connectivity index (χ2n) is 9.84. The number of thiazole rings is 1. The molecule has 1 saturated heterocycles. The number of pyridine rings is 1. The Kier molecular flexibility index (Phi) is 6.58. The highest BCUT2D eigenvalue weighted by atomic mass is 32.1. The summed E-state index contributed by atoms with van der Waals surface area (Å²) in [6.45, 7) is -0.163. The molecule has 1 fully saturated rings. The zero-order chi connectivity index (χ0) is 29.8. The van der Waals surface area contributed by atoms with Gasteiger partial charge in [0.2, 0.25) is 18.0 Å². The van der Waals surface area contributed by atoms with Crippen LogP contribution in [0.1, 0.15) is 27.7 Å². The van der Waals surface area contributed by atoms with Gasteiger partial charge in [-0.3, -0.25) is 19.3 Å². The number of rotatable bonds is 4. The van der Waals surface area contributed by atoms with E-state index in [0.29, 0.717) is 16.1 Å². The third-order valence-corrected chi connectivity index (χ3v) is 8.55. The molecule has 3 aliphatic rings. The summed E-state index contributed by atoms with van der Waals surface area (Å²) in [5.74, 6) is -2.93. The number of hydrogen-bond acceptors (Lipinski definition) is 10. The summed E-state index contributed by atoms with van der Waals surface area (Å²) in [6, 6.07) is 10.4. The number of amides is 1. The van der Waals surface area contributed by atoms with Crippen LogP contribution in [0.25, 0.3) is 21.7 Å². The van der Waals surface area contributed by atoms with Crippen LogP contribution in [0.4, 0.5) is 13.6 Å². The van der Waals surface area contributed by atoms with Crippen molar-refractivity contribution in [2.75, 3.05) is 38.7 Å². The summed E-state index contributed by atoms with van der Waals surface area (Å²) >= 11 is 1.31. The average Bonchev–Trinajstić information content (AvgIpc) is 3.47. The molecule has 43 heavy (non-hydrogen) atoms. The van der Waals surface area contributed by atoms with E-state index in [1.54, 1.807) is 15.4 Å². The Morgan fingerprint density at radius 2 is 1.98 bits per heavy atom. The van der Waals surface area contributed by atoms with Gasteiger partial charge in [0.1, 0.15) is 6.17 Å². The first-order chi connectivity index (χ1) is 20.9. The standard InChI is InChI=1S/C29H22F2N4O7S/c1-39-29(38)42-14-41-26-19(36)8-9-34-25(26)28(37)33-10-11-40-12-20(33)35(34)24-15-4-2-3-5-16(15)27-23(32-13-43-27)21-17(24)6-7-18(30)22(21)31/h2-9,13,20,24H,10-12,14H2,1H3/t20-,24-/m1/s1. The maximum absolute atomic E-state index is 15.8. The fraction of sp³-hybridized carbons (Fsp3) is 0.241. The Morgan fingerprint density at radius 1 is 1.14 bits per heavy atom. The molecule has 14 heteroatoms. The highest BCUT2D eigenvalue weighted by Crippen LogP contribution is 2.50. The van der Waals surface area contributed by atoms with Gasteiger partial charge in [0.15, 0.2) is 17.3 Å². The summed E-state index contributed by atoms with van der Waals surface area (Å²) in [7, 11) is 1.12. The molecule has 4 aromatic rings. The molecule has 7 rings (SSSR count). The lowest BCUT2D eigenvalue weighted by Crippen LogP contribution is -2.66. The monoisotopic (exact) mass is 608 g/mol. The number of morpholine rings is 1. The SMILES string of the molecule is COC(=O)OCOc1c2n(ccc1=O)N([C@@H]1c3ccccc3-c3scnc3-c3c1ccc(F)c3F)[C@@H]1COCCN1C2=O. The van der Waals surface area contributed by atoms with E-state index in [4.69, 9.17) is 14.2 Å². The second kappa shape index (κ2) is 10.5. The maximum atomic E-state index is 15.8. The lowest BCUT2D eigenvalue weighted by molar-refractivity contribution is -0.0208. The molecule has 0 N–H and O–H groups in total. The van der Waals surface area contributed by atoms with Gasteiger partial charge in [0.05, 0.1) is 42.4 Å². The topological polar surface area (TPSA) is 112 Å². The molecule has 0 spiro atoms. The largest absolute Gasteiger partial charge is 0.510 e. The average molecular weight is 609 g/mol. The van der Waals surface area contributed by atoms with Crippen LogP contribution in [0.2, 0.25) is 0 Å². The van der Waals surface area contributed by atoms with Gasteiger partial charge < -0.3 is 23.8 Å². The number of hydrogen-bond donors (Lipinski definition) is 0. The van der Waals surface area contributed by atoms with Gasteiger partial charge in [-0.25, -0.2) is 18.6 Å². The lowest BCUT2D eigenvalue weighted by Gasteiger charge is -2.51. The van der Waals surface area contributed by atoms with E-state index in [2.05, 4.69) is 9.72 Å². The molecular weight excluding hydrogens is 586 g/mol. The first-order valence-electron chi connectivity index (χ1n) is 13.2. The zero-order valence-corrected chi connectivity index (χ0v) is 23.3. The quantitative estimate of drug-likeness (QED) is 0.252. The maximum Gasteiger partial charge on any atom is 0.510 e. The Morgan fingerprint density at radius 3 is 2.81 bits per heavy atom. The summed E-state index contributed by atoms with van der Waals surface area (Å²) in [6.07, 6.45) is -0.317. The Hall–Kier alpha value is -4.82. The van der Waals surface area contributed by atoms with Crippen LogP contribution in [-0.2, 0) is 14.2 Å². The van der Waals surface area contributed by atoms with Gasteiger partial charge in [-0.1, -0.05) is 30.3 Å². The number of nitrogens with zero attached hydrogens (tertiary/aromatic N) is 4. The summed E-state index contributed by atoms with van der Waals surface area (Å²) in [4.78, 5) is 45.2. The van der Waals surface area contributed by atoms with Crippen molar-refractivity contribution in [2.24, 2.45) is 0 Å². The minimum atomic E-state index is -1.04. The Labute approximate surface area is 246 Å². The molecule has 0 bridgehead atoms. The third-order valence-electron chi connectivity index (χ3n) is 7.69. The number of benzene rings is 2. The number of carbonyl (C=O) groups excluding carboxylic acids is 2. The van der Waals surface area contributed by atoms with E-state index < -0.39 is 48.1 Å². The van der Waals surface area contributed by atoms with Crippen LogP contribution < -0.4 is 15.2 Å². The van der Waals surface area contributed by atoms with Crippen molar-refractivity contribution in [3.8, 4) is 27.4 Å². The van der Waals surface area contributed by atoms with Crippen molar-refractivity contribution in [2.45, 2.75) is 12.2 Å². The van der Waals surface area contributed by atoms with Crippen molar-refractivity contribution in [1.29, 1.82) is 0 Å². The fourth-order valence-corrected chi connectivity index (χ4v) is 6.74. The molecule has 2 aromatic heterocycles. The number of carbonyl (C=O) groups is 2. The molecule has 2 aromatic carbocycles. The van der Waals surface area contributed by atoms with Crippen molar-refractivity contribution >= 4 is 23.4 Å². The van der Waals surface area contributed by atoms with E-state index in [1.807, 2.05) is 24.3 Å². The number of fused-ring (bicyclic) bond motifs is 7. The first kappa shape index (κ1) is 27.0. The third kappa shape index (κ3) is 4.16. The fourth-order valence-electron chi connectivity index (χ4n) is 5.90. The van der Waals surface area contributed by atoms with E-state index in [1.165, 1.54) is 34.3 Å². The van der Waals surface area contributed by atoms with Crippen LogP contribution in [0.5, 0.6) is 5.75 Å². The normalized spacial score (nSPS) is 18.4. The molecule has 0 saturated carbocycles. The molecule has 1 amide bonds. The summed E-state index contributed by atoms with van der Waals surface area (Å²) < 4.78 is 52.7. The van der Waals surface area contributed by atoms with Gasteiger partial charge in [0.25, 0.3) is 5.91 Å². The zero-order valence-electron chi connectivity index (χ0n) is 22.5. The Balaban J connectivity index is 1.49. The molecule has 4 heterocycles. The molecule has 0 unspecified atom stereocenters. The molecule has 220 valence electrons. The summed E-state index contributed by atoms with van der Waals surface area (Å²) in [5.41, 5.74) is 3.04. The molecule has 2 atom stereocenters. The van der Waals surface area contributed by atoms with Crippen LogP contribution in [0.3, 0.4) is 0 Å². The van der Waals surface area contributed by atoms with E-state index in [9.17, 15) is 18.8 Å². The van der Waals surface area contributed by atoms with E-state index in [0.717, 1.165) is 24.3 Å². The van der Waals surface area contributed by atoms with Crippen molar-refractivity contribution in [1.82, 2.24) is 14.6 Å². The van der Waals surface area contributed by atoms with Crippen LogP contribution in [0, 0.1) is 11.6 Å². The highest BCUT2D eigenvalue weighted by molar-refractivity contribution is 7.13. The van der Waals surface area contributed by atoms with Gasteiger partial charge >= 0.3 is 6.16 Å². The molecule has 11 nitrogen and oxygen atoms in total. The van der Waals surface area contributed by atoms with Crippen molar-refractivity contribution in [3.63, 3.8) is 0 Å². The number of aromatic nitrogens is 2. The highest BCUT2D eigenvalue weighted by Gasteiger charge is 2.47. The predicted octanol–water partition coefficient (Wildman–Crippen LogP) is 3.89. The van der Waals surface area contributed by atoms with Crippen LogP contribution >= 0.6 is 11.3 Å². The predicted molar refractivity (Wildman–Crippen MR) is 148 cm³/mol. The number of methoxy groups -OCH3 is 1. The van der Waals surface area contributed by atoms with Crippen LogP contribution in [0.15, 0.2) is 59.0 Å². The number of ether oxygens (including phenoxy) is 4.